The zero-order chi connectivity index (χ0) is 25.1. The molecule has 10 nitrogen and oxygen atoms in total. The van der Waals surface area contributed by atoms with Crippen LogP contribution in [0.3, 0.4) is 0 Å². The van der Waals surface area contributed by atoms with Crippen LogP contribution in [-0.4, -0.2) is 77.6 Å². The van der Waals surface area contributed by atoms with Gasteiger partial charge in [-0.15, -0.1) is 0 Å². The molecular formula is C26H29N5O5. The van der Waals surface area contributed by atoms with Gasteiger partial charge in [-0.1, -0.05) is 0 Å². The number of rotatable bonds is 5. The normalized spacial score (nSPS) is 19.7. The van der Waals surface area contributed by atoms with Gasteiger partial charge in [-0.2, -0.15) is 0 Å². The molecule has 36 heavy (non-hydrogen) atoms. The number of piperidine rings is 1. The van der Waals surface area contributed by atoms with Crippen LogP contribution < -0.4 is 9.64 Å². The summed E-state index contributed by atoms with van der Waals surface area (Å²) in [5.41, 5.74) is 2.65. The first kappa shape index (κ1) is 23.7. The third kappa shape index (κ3) is 4.98. The van der Waals surface area contributed by atoms with Crippen LogP contribution in [0.2, 0.25) is 0 Å². The molecule has 1 aromatic carbocycles. The Morgan fingerprint density at radius 1 is 1.14 bits per heavy atom. The van der Waals surface area contributed by atoms with Crippen molar-refractivity contribution in [2.45, 2.75) is 31.3 Å². The van der Waals surface area contributed by atoms with Crippen molar-refractivity contribution in [2.24, 2.45) is 4.99 Å². The van der Waals surface area contributed by atoms with Crippen molar-refractivity contribution in [1.82, 2.24) is 14.8 Å². The topological polar surface area (TPSA) is 108 Å². The minimum absolute atomic E-state index is 0.0217. The second-order valence-electron chi connectivity index (χ2n) is 9.15. The molecule has 0 aliphatic carbocycles. The third-order valence-corrected chi connectivity index (χ3v) is 7.02. The maximum atomic E-state index is 13.5. The van der Waals surface area contributed by atoms with E-state index in [9.17, 15) is 9.59 Å². The predicted molar refractivity (Wildman–Crippen MR) is 133 cm³/mol. The van der Waals surface area contributed by atoms with Gasteiger partial charge in [0.25, 0.3) is 5.91 Å². The summed E-state index contributed by atoms with van der Waals surface area (Å²) in [7, 11) is 1.88. The number of amides is 1. The van der Waals surface area contributed by atoms with Gasteiger partial charge in [0.2, 0.25) is 0 Å². The lowest BCUT2D eigenvalue weighted by Gasteiger charge is -2.38. The Morgan fingerprint density at radius 2 is 1.92 bits per heavy atom. The highest BCUT2D eigenvalue weighted by Gasteiger charge is 2.31. The lowest BCUT2D eigenvalue weighted by molar-refractivity contribution is 0.0708. The largest absolute Gasteiger partial charge is 0.511 e. The van der Waals surface area contributed by atoms with E-state index in [1.807, 2.05) is 47.2 Å². The highest BCUT2D eigenvalue weighted by atomic mass is 16.7. The molecule has 1 amide bonds. The molecule has 1 unspecified atom stereocenters. The third-order valence-electron chi connectivity index (χ3n) is 7.02. The zero-order valence-corrected chi connectivity index (χ0v) is 20.1. The van der Waals surface area contributed by atoms with Crippen molar-refractivity contribution in [3.05, 3.63) is 65.8 Å². The average Bonchev–Trinajstić information content (AvgIpc) is 2.92. The molecule has 0 saturated carbocycles. The number of fused-ring (bicyclic) bond motifs is 1. The number of pyridine rings is 1. The van der Waals surface area contributed by atoms with Crippen LogP contribution in [0.25, 0.3) is 0 Å². The molecule has 2 aromatic rings. The Bertz CT molecular complexity index is 1180. The minimum atomic E-state index is -1.37. The minimum Gasteiger partial charge on any atom is -0.493 e. The number of nitrogens with zero attached hydrogens (tertiary/aromatic N) is 5. The standard InChI is InChI=1S/C26H29N5O5/c1-29(19-6-11-30(12-7-19)20-4-9-27-10-5-20)25(32)18-2-3-24-22(14-18)23(8-13-35-24)31-16-21(15-28-17-31)36-26(33)34/h2-5,9-10,14-15,17,19,23H,6-8,11-13,16H2,1H3,(H,33,34). The summed E-state index contributed by atoms with van der Waals surface area (Å²) < 4.78 is 10.7. The zero-order valence-electron chi connectivity index (χ0n) is 20.1. The van der Waals surface area contributed by atoms with E-state index in [2.05, 4.69) is 14.9 Å². The molecule has 0 radical (unpaired) electrons. The van der Waals surface area contributed by atoms with Gasteiger partial charge < -0.3 is 29.3 Å². The van der Waals surface area contributed by atoms with Crippen LogP contribution >= 0.6 is 0 Å². The fourth-order valence-electron chi connectivity index (χ4n) is 5.11. The van der Waals surface area contributed by atoms with E-state index in [-0.39, 0.29) is 30.3 Å². The van der Waals surface area contributed by atoms with Gasteiger partial charge in [0.1, 0.15) is 11.5 Å². The average molecular weight is 492 g/mol. The van der Waals surface area contributed by atoms with E-state index < -0.39 is 6.16 Å². The Morgan fingerprint density at radius 3 is 2.67 bits per heavy atom. The second-order valence-corrected chi connectivity index (χ2v) is 9.15. The Balaban J connectivity index is 1.28. The molecule has 1 fully saturated rings. The molecule has 1 aromatic heterocycles. The highest BCUT2D eigenvalue weighted by molar-refractivity contribution is 5.94. The molecule has 1 N–H and O–H groups in total. The quantitative estimate of drug-likeness (QED) is 0.633. The molecule has 0 spiro atoms. The van der Waals surface area contributed by atoms with Crippen molar-refractivity contribution in [2.75, 3.05) is 38.2 Å². The molecule has 3 aliphatic heterocycles. The molecular weight excluding hydrogens is 462 g/mol. The van der Waals surface area contributed by atoms with E-state index in [0.717, 1.165) is 42.9 Å². The monoisotopic (exact) mass is 491 g/mol. The van der Waals surface area contributed by atoms with Gasteiger partial charge in [-0.05, 0) is 43.2 Å². The number of aromatic nitrogens is 1. The number of hydrogen-bond acceptors (Lipinski definition) is 8. The van der Waals surface area contributed by atoms with Crippen LogP contribution in [-0.2, 0) is 4.74 Å². The van der Waals surface area contributed by atoms with Crippen LogP contribution in [0, 0.1) is 0 Å². The fraction of sp³-hybridized carbons (Fsp3) is 0.385. The number of hydrogen-bond donors (Lipinski definition) is 1. The lowest BCUT2D eigenvalue weighted by Crippen LogP contribution is -2.45. The van der Waals surface area contributed by atoms with Gasteiger partial charge in [0, 0.05) is 61.8 Å². The molecule has 5 rings (SSSR count). The second kappa shape index (κ2) is 10.3. The van der Waals surface area contributed by atoms with Crippen LogP contribution in [0.4, 0.5) is 10.5 Å². The molecule has 10 heteroatoms. The smallest absolute Gasteiger partial charge is 0.493 e. The maximum Gasteiger partial charge on any atom is 0.511 e. The Hall–Kier alpha value is -4.08. The van der Waals surface area contributed by atoms with Gasteiger partial charge in [-0.25, -0.2) is 9.79 Å². The number of anilines is 1. The summed E-state index contributed by atoms with van der Waals surface area (Å²) in [5.74, 6) is 0.953. The molecule has 188 valence electrons. The highest BCUT2D eigenvalue weighted by Crippen LogP contribution is 2.37. The first-order valence-corrected chi connectivity index (χ1v) is 12.1. The van der Waals surface area contributed by atoms with E-state index in [0.29, 0.717) is 18.6 Å². The van der Waals surface area contributed by atoms with Crippen LogP contribution in [0.1, 0.15) is 41.2 Å². The first-order valence-electron chi connectivity index (χ1n) is 12.1. The number of carbonyl (C=O) groups is 2. The number of carbonyl (C=O) groups excluding carboxylic acids is 1. The predicted octanol–water partition coefficient (Wildman–Crippen LogP) is 3.53. The van der Waals surface area contributed by atoms with Crippen molar-refractivity contribution in [3.63, 3.8) is 0 Å². The number of benzene rings is 1. The van der Waals surface area contributed by atoms with Gasteiger partial charge in [-0.3, -0.25) is 9.78 Å². The van der Waals surface area contributed by atoms with Crippen molar-refractivity contribution >= 4 is 24.1 Å². The summed E-state index contributed by atoms with van der Waals surface area (Å²) in [6.07, 6.45) is 7.78. The summed E-state index contributed by atoms with van der Waals surface area (Å²) in [6, 6.07) is 9.64. The summed E-state index contributed by atoms with van der Waals surface area (Å²) in [5, 5.41) is 8.95. The van der Waals surface area contributed by atoms with E-state index >= 15 is 0 Å². The number of ether oxygens (including phenoxy) is 2. The molecule has 0 bridgehead atoms. The molecule has 4 heterocycles. The Kier molecular flexibility index (Phi) is 6.75. The maximum absolute atomic E-state index is 13.5. The van der Waals surface area contributed by atoms with Crippen molar-refractivity contribution in [1.29, 1.82) is 0 Å². The fourth-order valence-corrected chi connectivity index (χ4v) is 5.11. The van der Waals surface area contributed by atoms with Gasteiger partial charge >= 0.3 is 6.16 Å². The molecule has 1 atom stereocenters. The van der Waals surface area contributed by atoms with Crippen LogP contribution in [0.5, 0.6) is 5.75 Å². The number of aliphatic imine (C=N–C) groups is 1. The van der Waals surface area contributed by atoms with Crippen LogP contribution in [0.15, 0.2) is 59.7 Å². The van der Waals surface area contributed by atoms with E-state index in [1.165, 1.54) is 6.20 Å². The van der Waals surface area contributed by atoms with E-state index in [1.54, 1.807) is 18.7 Å². The van der Waals surface area contributed by atoms with Gasteiger partial charge in [0.05, 0.1) is 31.7 Å². The van der Waals surface area contributed by atoms with Crippen molar-refractivity contribution in [3.8, 4) is 5.75 Å². The van der Waals surface area contributed by atoms with E-state index in [4.69, 9.17) is 14.6 Å². The SMILES string of the molecule is CN(C(=O)c1ccc2c(c1)C(N1C=NC=C(OC(=O)O)C1)CCO2)C1CCN(c2ccncc2)CC1. The lowest BCUT2D eigenvalue weighted by atomic mass is 9.95. The molecule has 3 aliphatic rings. The molecule has 1 saturated heterocycles. The summed E-state index contributed by atoms with van der Waals surface area (Å²) in [6.45, 7) is 2.56. The summed E-state index contributed by atoms with van der Waals surface area (Å²) in [4.78, 5) is 38.8. The number of carboxylic acid groups (broad SMARTS) is 1. The van der Waals surface area contributed by atoms with Crippen molar-refractivity contribution < 1.29 is 24.2 Å². The van der Waals surface area contributed by atoms with Gasteiger partial charge in [0.15, 0.2) is 0 Å². The first-order chi connectivity index (χ1) is 17.5. The summed E-state index contributed by atoms with van der Waals surface area (Å²) >= 11 is 0. The Labute approximate surface area is 209 Å².